The van der Waals surface area contributed by atoms with E-state index >= 15 is 0 Å². The standard InChI is InChI=1S/C20H25ClN4O.HI/c1-22-20(25(4)14-16-6-5-7-18(21)12-16)23-13-15-8-10-17(11-9-15)19(26)24(2)3;/h5-12H,13-14H2,1-4H3,(H,22,23);1H. The highest BCUT2D eigenvalue weighted by atomic mass is 127. The molecule has 0 aliphatic carbocycles. The van der Waals surface area contributed by atoms with E-state index in [9.17, 15) is 4.79 Å². The summed E-state index contributed by atoms with van der Waals surface area (Å²) < 4.78 is 0. The van der Waals surface area contributed by atoms with Crippen molar-refractivity contribution in [2.45, 2.75) is 13.1 Å². The molecule has 2 aromatic carbocycles. The van der Waals surface area contributed by atoms with E-state index in [1.54, 1.807) is 26.0 Å². The summed E-state index contributed by atoms with van der Waals surface area (Å²) in [4.78, 5) is 19.9. The largest absolute Gasteiger partial charge is 0.352 e. The number of carbonyl (C=O) groups is 1. The summed E-state index contributed by atoms with van der Waals surface area (Å²) in [6.07, 6.45) is 0. The average molecular weight is 501 g/mol. The Labute approximate surface area is 183 Å². The Morgan fingerprint density at radius 3 is 2.30 bits per heavy atom. The molecule has 0 heterocycles. The van der Waals surface area contributed by atoms with Gasteiger partial charge in [0.2, 0.25) is 0 Å². The van der Waals surface area contributed by atoms with Crippen LogP contribution in [0, 0.1) is 0 Å². The smallest absolute Gasteiger partial charge is 0.253 e. The summed E-state index contributed by atoms with van der Waals surface area (Å²) in [6, 6.07) is 15.4. The molecule has 146 valence electrons. The van der Waals surface area contributed by atoms with Crippen molar-refractivity contribution in [3.63, 3.8) is 0 Å². The molecular formula is C20H26ClIN4O. The molecule has 1 N–H and O–H groups in total. The third-order valence-corrected chi connectivity index (χ3v) is 4.17. The van der Waals surface area contributed by atoms with Gasteiger partial charge in [0.25, 0.3) is 5.91 Å². The number of benzene rings is 2. The second-order valence-corrected chi connectivity index (χ2v) is 6.72. The lowest BCUT2D eigenvalue weighted by Gasteiger charge is -2.22. The molecule has 0 saturated heterocycles. The first-order valence-corrected chi connectivity index (χ1v) is 8.75. The number of nitrogens with zero attached hydrogens (tertiary/aromatic N) is 3. The maximum atomic E-state index is 11.9. The SMILES string of the molecule is CN=C(NCc1ccc(C(=O)N(C)C)cc1)N(C)Cc1cccc(Cl)c1.I. The molecule has 0 spiro atoms. The number of amides is 1. The van der Waals surface area contributed by atoms with Crippen LogP contribution in [-0.4, -0.2) is 49.9 Å². The fraction of sp³-hybridized carbons (Fsp3) is 0.300. The Morgan fingerprint density at radius 2 is 1.74 bits per heavy atom. The number of hydrogen-bond donors (Lipinski definition) is 1. The van der Waals surface area contributed by atoms with E-state index in [0.717, 1.165) is 22.1 Å². The van der Waals surface area contributed by atoms with Crippen molar-refractivity contribution >= 4 is 47.4 Å². The van der Waals surface area contributed by atoms with Gasteiger partial charge in [-0.2, -0.15) is 0 Å². The maximum absolute atomic E-state index is 11.9. The topological polar surface area (TPSA) is 47.9 Å². The molecule has 0 saturated carbocycles. The molecule has 2 aromatic rings. The number of hydrogen-bond acceptors (Lipinski definition) is 2. The van der Waals surface area contributed by atoms with Crippen LogP contribution in [0.2, 0.25) is 5.02 Å². The first-order chi connectivity index (χ1) is 12.4. The molecule has 0 bridgehead atoms. The number of rotatable bonds is 5. The van der Waals surface area contributed by atoms with Crippen LogP contribution in [0.5, 0.6) is 0 Å². The third kappa shape index (κ3) is 7.03. The highest BCUT2D eigenvalue weighted by Crippen LogP contribution is 2.12. The van der Waals surface area contributed by atoms with Gasteiger partial charge in [-0.3, -0.25) is 9.79 Å². The molecule has 5 nitrogen and oxygen atoms in total. The molecule has 0 radical (unpaired) electrons. The Kier molecular flexibility index (Phi) is 9.59. The van der Waals surface area contributed by atoms with E-state index in [-0.39, 0.29) is 29.9 Å². The van der Waals surface area contributed by atoms with Gasteiger partial charge >= 0.3 is 0 Å². The Morgan fingerprint density at radius 1 is 1.07 bits per heavy atom. The van der Waals surface area contributed by atoms with Gasteiger partial charge in [0.15, 0.2) is 5.96 Å². The van der Waals surface area contributed by atoms with Gasteiger partial charge in [0, 0.05) is 51.9 Å². The zero-order chi connectivity index (χ0) is 19.1. The van der Waals surface area contributed by atoms with E-state index in [2.05, 4.69) is 10.3 Å². The van der Waals surface area contributed by atoms with Crippen molar-refractivity contribution < 1.29 is 4.79 Å². The van der Waals surface area contributed by atoms with Gasteiger partial charge in [-0.05, 0) is 35.4 Å². The Bertz CT molecular complexity index is 778. The molecule has 0 aliphatic heterocycles. The van der Waals surface area contributed by atoms with Crippen LogP contribution >= 0.6 is 35.6 Å². The molecule has 27 heavy (non-hydrogen) atoms. The van der Waals surface area contributed by atoms with E-state index in [4.69, 9.17) is 11.6 Å². The minimum atomic E-state index is 0. The predicted octanol–water partition coefficient (Wildman–Crippen LogP) is 3.87. The molecular weight excluding hydrogens is 475 g/mol. The van der Waals surface area contributed by atoms with Gasteiger partial charge < -0.3 is 15.1 Å². The molecule has 2 rings (SSSR count). The summed E-state index contributed by atoms with van der Waals surface area (Å²) in [7, 11) is 7.24. The molecule has 0 fully saturated rings. The van der Waals surface area contributed by atoms with E-state index < -0.39 is 0 Å². The minimum absolute atomic E-state index is 0. The summed E-state index contributed by atoms with van der Waals surface area (Å²) in [5.41, 5.74) is 2.88. The monoisotopic (exact) mass is 500 g/mol. The lowest BCUT2D eigenvalue weighted by Crippen LogP contribution is -2.38. The first-order valence-electron chi connectivity index (χ1n) is 8.37. The predicted molar refractivity (Wildman–Crippen MR) is 123 cm³/mol. The van der Waals surface area contributed by atoms with Gasteiger partial charge in [0.05, 0.1) is 0 Å². The van der Waals surface area contributed by atoms with Crippen LogP contribution in [-0.2, 0) is 13.1 Å². The molecule has 0 atom stereocenters. The van der Waals surface area contributed by atoms with Crippen molar-refractivity contribution in [2.24, 2.45) is 4.99 Å². The Hall–Kier alpha value is -1.80. The second kappa shape index (κ2) is 11.1. The van der Waals surface area contributed by atoms with Crippen LogP contribution in [0.15, 0.2) is 53.5 Å². The van der Waals surface area contributed by atoms with Crippen molar-refractivity contribution in [3.05, 3.63) is 70.2 Å². The Balaban J connectivity index is 0.00000364. The molecule has 0 aliphatic rings. The van der Waals surface area contributed by atoms with Gasteiger partial charge in [0.1, 0.15) is 0 Å². The van der Waals surface area contributed by atoms with E-state index in [1.165, 1.54) is 0 Å². The lowest BCUT2D eigenvalue weighted by molar-refractivity contribution is 0.0827. The number of guanidine groups is 1. The van der Waals surface area contributed by atoms with Crippen LogP contribution < -0.4 is 5.32 Å². The highest BCUT2D eigenvalue weighted by Gasteiger charge is 2.09. The summed E-state index contributed by atoms with van der Waals surface area (Å²) in [5, 5.41) is 4.07. The number of carbonyl (C=O) groups excluding carboxylic acids is 1. The number of halogens is 2. The van der Waals surface area contributed by atoms with E-state index in [1.807, 2.05) is 60.5 Å². The van der Waals surface area contributed by atoms with Crippen molar-refractivity contribution in [3.8, 4) is 0 Å². The van der Waals surface area contributed by atoms with Crippen LogP contribution in [0.25, 0.3) is 0 Å². The molecule has 7 heteroatoms. The number of aliphatic imine (C=N–C) groups is 1. The van der Waals surface area contributed by atoms with Crippen molar-refractivity contribution in [1.82, 2.24) is 15.1 Å². The minimum Gasteiger partial charge on any atom is -0.352 e. The quantitative estimate of drug-likeness (QED) is 0.385. The van der Waals surface area contributed by atoms with Crippen LogP contribution in [0.3, 0.4) is 0 Å². The fourth-order valence-corrected chi connectivity index (χ4v) is 2.79. The van der Waals surface area contributed by atoms with Crippen LogP contribution in [0.4, 0.5) is 0 Å². The molecule has 1 amide bonds. The molecule has 0 unspecified atom stereocenters. The van der Waals surface area contributed by atoms with Crippen molar-refractivity contribution in [1.29, 1.82) is 0 Å². The van der Waals surface area contributed by atoms with E-state index in [0.29, 0.717) is 18.7 Å². The van der Waals surface area contributed by atoms with Gasteiger partial charge in [-0.1, -0.05) is 35.9 Å². The van der Waals surface area contributed by atoms with Crippen LogP contribution in [0.1, 0.15) is 21.5 Å². The zero-order valence-corrected chi connectivity index (χ0v) is 19.2. The third-order valence-electron chi connectivity index (χ3n) is 3.94. The van der Waals surface area contributed by atoms with Gasteiger partial charge in [-0.25, -0.2) is 0 Å². The zero-order valence-electron chi connectivity index (χ0n) is 16.1. The second-order valence-electron chi connectivity index (χ2n) is 6.28. The summed E-state index contributed by atoms with van der Waals surface area (Å²) in [5.74, 6) is 0.792. The average Bonchev–Trinajstić information content (AvgIpc) is 2.62. The van der Waals surface area contributed by atoms with Gasteiger partial charge in [-0.15, -0.1) is 24.0 Å². The first kappa shape index (κ1) is 23.2. The fourth-order valence-electron chi connectivity index (χ4n) is 2.57. The highest BCUT2D eigenvalue weighted by molar-refractivity contribution is 14.0. The molecule has 0 aromatic heterocycles. The number of nitrogens with one attached hydrogen (secondary N) is 1. The maximum Gasteiger partial charge on any atom is 0.253 e. The summed E-state index contributed by atoms with van der Waals surface area (Å²) in [6.45, 7) is 1.33. The normalized spacial score (nSPS) is 10.8. The lowest BCUT2D eigenvalue weighted by atomic mass is 10.1. The summed E-state index contributed by atoms with van der Waals surface area (Å²) >= 11 is 6.05. The van der Waals surface area contributed by atoms with Crippen molar-refractivity contribution in [2.75, 3.05) is 28.2 Å².